The monoisotopic (exact) mass is 306 g/mol. The van der Waals surface area contributed by atoms with Gasteiger partial charge in [0.1, 0.15) is 5.75 Å². The lowest BCUT2D eigenvalue weighted by Gasteiger charge is -2.22. The maximum absolute atomic E-state index is 12.0. The number of hydrogen-bond acceptors (Lipinski definition) is 4. The first-order valence-electron chi connectivity index (χ1n) is 7.75. The van der Waals surface area contributed by atoms with Gasteiger partial charge in [0, 0.05) is 12.6 Å². The molecular weight excluding hydrogens is 284 g/mol. The number of nitrogens with zero attached hydrogens (tertiary/aromatic N) is 1. The molecule has 0 radical (unpaired) electrons. The van der Waals surface area contributed by atoms with Crippen molar-refractivity contribution in [2.24, 2.45) is 5.92 Å². The Hall–Kier alpha value is -2.11. The lowest BCUT2D eigenvalue weighted by Crippen LogP contribution is -2.39. The number of nitro benzene ring substituents is 1. The number of rotatable bonds is 6. The highest BCUT2D eigenvalue weighted by atomic mass is 16.6. The molecule has 1 saturated carbocycles. The minimum atomic E-state index is -0.675. The number of carbonyl (C=O) groups is 1. The van der Waals surface area contributed by atoms with Crippen molar-refractivity contribution in [3.63, 3.8) is 0 Å². The van der Waals surface area contributed by atoms with E-state index in [1.54, 1.807) is 19.1 Å². The molecule has 22 heavy (non-hydrogen) atoms. The summed E-state index contributed by atoms with van der Waals surface area (Å²) in [6, 6.07) is 5.86. The summed E-state index contributed by atoms with van der Waals surface area (Å²) >= 11 is 0. The first-order chi connectivity index (χ1) is 10.6. The van der Waals surface area contributed by atoms with Gasteiger partial charge in [-0.25, -0.2) is 0 Å². The Balaban J connectivity index is 1.82. The molecule has 6 nitrogen and oxygen atoms in total. The van der Waals surface area contributed by atoms with Crippen molar-refractivity contribution in [2.75, 3.05) is 6.54 Å². The Labute approximate surface area is 130 Å². The molecule has 0 heterocycles. The highest BCUT2D eigenvalue weighted by molar-refractivity contribution is 5.80. The number of hydrogen-bond donors (Lipinski definition) is 1. The van der Waals surface area contributed by atoms with E-state index in [2.05, 4.69) is 5.32 Å². The molecule has 0 saturated heterocycles. The normalized spacial score (nSPS) is 16.8. The van der Waals surface area contributed by atoms with Crippen LogP contribution in [0, 0.1) is 16.0 Å². The van der Waals surface area contributed by atoms with E-state index in [-0.39, 0.29) is 11.6 Å². The second-order valence-electron chi connectivity index (χ2n) is 5.76. The molecule has 2 rings (SSSR count). The van der Waals surface area contributed by atoms with Crippen molar-refractivity contribution in [1.29, 1.82) is 0 Å². The molecule has 0 bridgehead atoms. The Morgan fingerprint density at radius 2 is 2.14 bits per heavy atom. The Morgan fingerprint density at radius 1 is 1.41 bits per heavy atom. The molecule has 1 aliphatic carbocycles. The fourth-order valence-electron chi connectivity index (χ4n) is 2.71. The van der Waals surface area contributed by atoms with Gasteiger partial charge in [0.25, 0.3) is 11.6 Å². The van der Waals surface area contributed by atoms with Gasteiger partial charge in [-0.15, -0.1) is 0 Å². The molecular formula is C16H22N2O4. The molecule has 0 spiro atoms. The van der Waals surface area contributed by atoms with Crippen molar-refractivity contribution in [3.05, 3.63) is 34.4 Å². The van der Waals surface area contributed by atoms with Crippen LogP contribution in [0.1, 0.15) is 39.0 Å². The summed E-state index contributed by atoms with van der Waals surface area (Å²) < 4.78 is 5.49. The van der Waals surface area contributed by atoms with Crippen LogP contribution < -0.4 is 10.1 Å². The molecule has 1 fully saturated rings. The van der Waals surface area contributed by atoms with Gasteiger partial charge >= 0.3 is 0 Å². The summed E-state index contributed by atoms with van der Waals surface area (Å²) in [5.41, 5.74) is -0.0488. The van der Waals surface area contributed by atoms with Gasteiger partial charge in [-0.1, -0.05) is 25.3 Å². The summed E-state index contributed by atoms with van der Waals surface area (Å²) in [5.74, 6) is 0.703. The zero-order valence-corrected chi connectivity index (χ0v) is 12.8. The van der Waals surface area contributed by atoms with Gasteiger partial charge in [0.15, 0.2) is 6.10 Å². The molecule has 1 aromatic rings. The largest absolute Gasteiger partial charge is 0.481 e. The van der Waals surface area contributed by atoms with Crippen LogP contribution in [0.4, 0.5) is 5.69 Å². The van der Waals surface area contributed by atoms with E-state index in [4.69, 9.17) is 4.74 Å². The predicted molar refractivity (Wildman–Crippen MR) is 82.8 cm³/mol. The quantitative estimate of drug-likeness (QED) is 0.647. The maximum Gasteiger partial charge on any atom is 0.273 e. The molecule has 1 amide bonds. The molecule has 0 aromatic heterocycles. The van der Waals surface area contributed by atoms with Gasteiger partial charge in [0.2, 0.25) is 0 Å². The maximum atomic E-state index is 12.0. The van der Waals surface area contributed by atoms with Crippen LogP contribution >= 0.6 is 0 Å². The molecule has 1 atom stereocenters. The lowest BCUT2D eigenvalue weighted by molar-refractivity contribution is -0.384. The van der Waals surface area contributed by atoms with Crippen molar-refractivity contribution >= 4 is 11.6 Å². The topological polar surface area (TPSA) is 81.5 Å². The summed E-state index contributed by atoms with van der Waals surface area (Å²) in [6.45, 7) is 2.33. The van der Waals surface area contributed by atoms with Gasteiger partial charge < -0.3 is 10.1 Å². The van der Waals surface area contributed by atoms with Crippen molar-refractivity contribution in [1.82, 2.24) is 5.32 Å². The van der Waals surface area contributed by atoms with E-state index < -0.39 is 11.0 Å². The first-order valence-corrected chi connectivity index (χ1v) is 7.75. The molecule has 1 aliphatic rings. The van der Waals surface area contributed by atoms with Crippen molar-refractivity contribution < 1.29 is 14.5 Å². The smallest absolute Gasteiger partial charge is 0.273 e. The zero-order valence-electron chi connectivity index (χ0n) is 12.8. The number of benzene rings is 1. The summed E-state index contributed by atoms with van der Waals surface area (Å²) in [4.78, 5) is 22.3. The second-order valence-corrected chi connectivity index (χ2v) is 5.76. The minimum Gasteiger partial charge on any atom is -0.481 e. The standard InChI is InChI=1S/C16H22N2O4/c1-12(16(19)17-11-13-6-3-2-4-7-13)22-15-9-5-8-14(10-15)18(20)21/h5,8-10,12-13H,2-4,6-7,11H2,1H3,(H,17,19)/t12-/m1/s1. The van der Waals surface area contributed by atoms with Crippen LogP contribution in [0.2, 0.25) is 0 Å². The second kappa shape index (κ2) is 7.77. The van der Waals surface area contributed by atoms with Crippen LogP contribution in [0.15, 0.2) is 24.3 Å². The third kappa shape index (κ3) is 4.72. The van der Waals surface area contributed by atoms with E-state index in [0.29, 0.717) is 18.2 Å². The summed E-state index contributed by atoms with van der Waals surface area (Å²) in [6.07, 6.45) is 5.42. The van der Waals surface area contributed by atoms with Crippen LogP contribution in [-0.4, -0.2) is 23.5 Å². The number of nitro groups is 1. The molecule has 1 aromatic carbocycles. The van der Waals surface area contributed by atoms with E-state index in [0.717, 1.165) is 0 Å². The highest BCUT2D eigenvalue weighted by Gasteiger charge is 2.19. The third-order valence-corrected chi connectivity index (χ3v) is 4.00. The van der Waals surface area contributed by atoms with Crippen LogP contribution in [0.3, 0.4) is 0 Å². The Morgan fingerprint density at radius 3 is 2.82 bits per heavy atom. The SMILES string of the molecule is C[C@@H](Oc1cccc([N+](=O)[O-])c1)C(=O)NCC1CCCCC1. The van der Waals surface area contributed by atoms with Crippen molar-refractivity contribution in [3.8, 4) is 5.75 Å². The van der Waals surface area contributed by atoms with Gasteiger partial charge in [-0.05, 0) is 31.7 Å². The Kier molecular flexibility index (Phi) is 5.75. The number of carbonyl (C=O) groups excluding carboxylic acids is 1. The molecule has 6 heteroatoms. The van der Waals surface area contributed by atoms with Crippen LogP contribution in [0.25, 0.3) is 0 Å². The average Bonchev–Trinajstić information content (AvgIpc) is 2.53. The molecule has 0 unspecified atom stereocenters. The Bertz CT molecular complexity index is 527. The number of ether oxygens (including phenoxy) is 1. The summed E-state index contributed by atoms with van der Waals surface area (Å²) in [5, 5.41) is 13.6. The number of amides is 1. The average molecular weight is 306 g/mol. The molecule has 120 valence electrons. The van der Waals surface area contributed by atoms with Gasteiger partial charge in [0.05, 0.1) is 11.0 Å². The molecule has 0 aliphatic heterocycles. The first kappa shape index (κ1) is 16.3. The fraction of sp³-hybridized carbons (Fsp3) is 0.562. The third-order valence-electron chi connectivity index (χ3n) is 4.00. The van der Waals surface area contributed by atoms with Crippen LogP contribution in [0.5, 0.6) is 5.75 Å². The lowest BCUT2D eigenvalue weighted by atomic mass is 9.89. The van der Waals surface area contributed by atoms with Crippen molar-refractivity contribution in [2.45, 2.75) is 45.1 Å². The van der Waals surface area contributed by atoms with Gasteiger partial charge in [-0.3, -0.25) is 14.9 Å². The van der Waals surface area contributed by atoms with Crippen LogP contribution in [-0.2, 0) is 4.79 Å². The molecule has 1 N–H and O–H groups in total. The predicted octanol–water partition coefficient (Wildman–Crippen LogP) is 3.06. The van der Waals surface area contributed by atoms with E-state index in [1.165, 1.54) is 44.2 Å². The number of nitrogens with one attached hydrogen (secondary N) is 1. The van der Waals surface area contributed by atoms with E-state index in [1.807, 2.05) is 0 Å². The number of non-ortho nitro benzene ring substituents is 1. The fourth-order valence-corrected chi connectivity index (χ4v) is 2.71. The van der Waals surface area contributed by atoms with E-state index in [9.17, 15) is 14.9 Å². The minimum absolute atomic E-state index is 0.0488. The highest BCUT2D eigenvalue weighted by Crippen LogP contribution is 2.23. The van der Waals surface area contributed by atoms with Gasteiger partial charge in [-0.2, -0.15) is 0 Å². The van der Waals surface area contributed by atoms with E-state index >= 15 is 0 Å². The summed E-state index contributed by atoms with van der Waals surface area (Å²) in [7, 11) is 0. The zero-order chi connectivity index (χ0) is 15.9.